The highest BCUT2D eigenvalue weighted by Gasteiger charge is 2.17. The molecule has 168 valence electrons. The van der Waals surface area contributed by atoms with Crippen LogP contribution in [0.5, 0.6) is 5.75 Å². The molecule has 0 bridgehead atoms. The van der Waals surface area contributed by atoms with Gasteiger partial charge in [0.15, 0.2) is 12.6 Å². The average molecular weight is 418 g/mol. The quantitative estimate of drug-likeness (QED) is 0.293. The summed E-state index contributed by atoms with van der Waals surface area (Å²) in [5, 5.41) is 9.48. The third-order valence-corrected chi connectivity index (χ3v) is 5.26. The Balaban J connectivity index is 1.79. The number of guanidine groups is 1. The minimum atomic E-state index is -0.112. The Bertz CT molecular complexity index is 665. The number of nitrogens with zero attached hydrogens (tertiary/aromatic N) is 2. The van der Waals surface area contributed by atoms with Crippen molar-refractivity contribution >= 4 is 11.9 Å². The Morgan fingerprint density at radius 3 is 2.80 bits per heavy atom. The van der Waals surface area contributed by atoms with Crippen LogP contribution in [-0.2, 0) is 11.3 Å². The number of likely N-dealkylation sites (N-methyl/N-ethyl adjacent to an activating group) is 1. The maximum absolute atomic E-state index is 11.6. The van der Waals surface area contributed by atoms with Crippen LogP contribution in [0.3, 0.4) is 0 Å². The lowest BCUT2D eigenvalue weighted by Crippen LogP contribution is -2.41. The first-order valence-corrected chi connectivity index (χ1v) is 11.4. The third kappa shape index (κ3) is 9.03. The summed E-state index contributed by atoms with van der Waals surface area (Å²) in [6.07, 6.45) is 5.13. The molecule has 0 radical (unpaired) electrons. The standard InChI is InChI=1S/C23H39N5O2/c1-4-24-22(29)18-30-21-12-8-11-20(16-21)17-27-23(25-5-2)26-13-9-15-28-14-7-6-10-19(28)3/h8,11-12,16,19H,4-7,9-10,13-15,17-18H2,1-3H3,(H,24,29)(H2,25,26,27). The molecule has 1 heterocycles. The molecule has 7 nitrogen and oxygen atoms in total. The molecule has 1 amide bonds. The van der Waals surface area contributed by atoms with Gasteiger partial charge in [0.2, 0.25) is 0 Å². The smallest absolute Gasteiger partial charge is 0.257 e. The molecular formula is C23H39N5O2. The number of hydrogen-bond acceptors (Lipinski definition) is 4. The van der Waals surface area contributed by atoms with Crippen LogP contribution in [0.2, 0.25) is 0 Å². The van der Waals surface area contributed by atoms with E-state index in [9.17, 15) is 4.79 Å². The summed E-state index contributed by atoms with van der Waals surface area (Å²) < 4.78 is 5.56. The van der Waals surface area contributed by atoms with E-state index in [1.807, 2.05) is 31.2 Å². The lowest BCUT2D eigenvalue weighted by Gasteiger charge is -2.33. The molecule has 7 heteroatoms. The number of piperidine rings is 1. The average Bonchev–Trinajstić information content (AvgIpc) is 2.75. The van der Waals surface area contributed by atoms with Gasteiger partial charge in [-0.15, -0.1) is 0 Å². The highest BCUT2D eigenvalue weighted by Crippen LogP contribution is 2.16. The molecule has 1 aromatic carbocycles. The van der Waals surface area contributed by atoms with Crippen LogP contribution in [0, 0.1) is 0 Å². The zero-order valence-electron chi connectivity index (χ0n) is 18.9. The van der Waals surface area contributed by atoms with Gasteiger partial charge in [0, 0.05) is 32.2 Å². The van der Waals surface area contributed by atoms with Crippen molar-refractivity contribution in [2.24, 2.45) is 4.99 Å². The van der Waals surface area contributed by atoms with Gasteiger partial charge < -0.3 is 25.6 Å². The number of ether oxygens (including phenoxy) is 1. The van der Waals surface area contributed by atoms with E-state index in [4.69, 9.17) is 9.73 Å². The minimum absolute atomic E-state index is 0.0282. The number of rotatable bonds is 11. The predicted octanol–water partition coefficient (Wildman–Crippen LogP) is 2.52. The number of nitrogens with one attached hydrogen (secondary N) is 3. The molecule has 3 N–H and O–H groups in total. The lowest BCUT2D eigenvalue weighted by molar-refractivity contribution is -0.122. The zero-order chi connectivity index (χ0) is 21.6. The lowest BCUT2D eigenvalue weighted by atomic mass is 10.0. The van der Waals surface area contributed by atoms with Crippen LogP contribution >= 0.6 is 0 Å². The molecule has 1 aliphatic rings. The Hall–Kier alpha value is -2.28. The second kappa shape index (κ2) is 13.9. The van der Waals surface area contributed by atoms with Crippen molar-refractivity contribution < 1.29 is 9.53 Å². The Morgan fingerprint density at radius 1 is 1.20 bits per heavy atom. The molecule has 1 aromatic rings. The second-order valence-electron chi connectivity index (χ2n) is 7.75. The van der Waals surface area contributed by atoms with Crippen molar-refractivity contribution in [2.45, 2.75) is 59.0 Å². The summed E-state index contributed by atoms with van der Waals surface area (Å²) >= 11 is 0. The van der Waals surface area contributed by atoms with E-state index in [1.54, 1.807) is 0 Å². The monoisotopic (exact) mass is 417 g/mol. The summed E-state index contributed by atoms with van der Waals surface area (Å²) in [6.45, 7) is 11.6. The fourth-order valence-electron chi connectivity index (χ4n) is 3.62. The number of benzene rings is 1. The molecule has 0 saturated carbocycles. The van der Waals surface area contributed by atoms with Crippen LogP contribution in [0.15, 0.2) is 29.3 Å². The van der Waals surface area contributed by atoms with Crippen molar-refractivity contribution in [3.8, 4) is 5.75 Å². The van der Waals surface area contributed by atoms with Gasteiger partial charge >= 0.3 is 0 Å². The van der Waals surface area contributed by atoms with Crippen LogP contribution in [0.25, 0.3) is 0 Å². The SMILES string of the molecule is CCNC(=O)COc1cccc(CN=C(NCC)NCCCN2CCCCC2C)c1. The van der Waals surface area contributed by atoms with E-state index >= 15 is 0 Å². The first kappa shape index (κ1) is 24.0. The number of hydrogen-bond donors (Lipinski definition) is 3. The van der Waals surface area contributed by atoms with Crippen LogP contribution in [0.1, 0.15) is 52.0 Å². The zero-order valence-corrected chi connectivity index (χ0v) is 18.9. The van der Waals surface area contributed by atoms with E-state index in [0.717, 1.165) is 37.6 Å². The molecule has 30 heavy (non-hydrogen) atoms. The van der Waals surface area contributed by atoms with Gasteiger partial charge in [0.05, 0.1) is 6.54 Å². The van der Waals surface area contributed by atoms with E-state index in [-0.39, 0.29) is 12.5 Å². The number of aliphatic imine (C=N–C) groups is 1. The summed E-state index contributed by atoms with van der Waals surface area (Å²) in [6, 6.07) is 8.45. The van der Waals surface area contributed by atoms with Crippen molar-refractivity contribution in [2.75, 3.05) is 39.3 Å². The first-order valence-electron chi connectivity index (χ1n) is 11.4. The number of carbonyl (C=O) groups is 1. The van der Waals surface area contributed by atoms with Crippen molar-refractivity contribution in [1.82, 2.24) is 20.9 Å². The molecule has 1 fully saturated rings. The van der Waals surface area contributed by atoms with Crippen LogP contribution < -0.4 is 20.7 Å². The van der Waals surface area contributed by atoms with Gasteiger partial charge in [-0.2, -0.15) is 0 Å². The van der Waals surface area contributed by atoms with Gasteiger partial charge in [-0.25, -0.2) is 4.99 Å². The molecule has 0 aliphatic carbocycles. The van der Waals surface area contributed by atoms with Gasteiger partial charge in [0.1, 0.15) is 5.75 Å². The van der Waals surface area contributed by atoms with E-state index in [1.165, 1.54) is 25.8 Å². The predicted molar refractivity (Wildman–Crippen MR) is 123 cm³/mol. The van der Waals surface area contributed by atoms with Gasteiger partial charge in [0.25, 0.3) is 5.91 Å². The van der Waals surface area contributed by atoms with E-state index < -0.39 is 0 Å². The highest BCUT2D eigenvalue weighted by molar-refractivity contribution is 5.79. The molecule has 1 saturated heterocycles. The van der Waals surface area contributed by atoms with Crippen molar-refractivity contribution in [3.05, 3.63) is 29.8 Å². The van der Waals surface area contributed by atoms with Crippen LogP contribution in [0.4, 0.5) is 0 Å². The Kier molecular flexibility index (Phi) is 11.1. The minimum Gasteiger partial charge on any atom is -0.484 e. The molecular weight excluding hydrogens is 378 g/mol. The molecule has 0 spiro atoms. The third-order valence-electron chi connectivity index (χ3n) is 5.26. The number of amides is 1. The normalized spacial score (nSPS) is 17.4. The van der Waals surface area contributed by atoms with Gasteiger partial charge in [-0.1, -0.05) is 18.6 Å². The largest absolute Gasteiger partial charge is 0.484 e. The van der Waals surface area contributed by atoms with E-state index in [2.05, 4.69) is 34.7 Å². The topological polar surface area (TPSA) is 78.0 Å². The molecule has 1 unspecified atom stereocenters. The fourth-order valence-corrected chi connectivity index (χ4v) is 3.62. The first-order chi connectivity index (χ1) is 14.6. The van der Waals surface area contributed by atoms with Crippen molar-refractivity contribution in [3.63, 3.8) is 0 Å². The van der Waals surface area contributed by atoms with Crippen molar-refractivity contribution in [1.29, 1.82) is 0 Å². The summed E-state index contributed by atoms with van der Waals surface area (Å²) in [5.41, 5.74) is 1.04. The maximum atomic E-state index is 11.6. The summed E-state index contributed by atoms with van der Waals surface area (Å²) in [7, 11) is 0. The number of carbonyl (C=O) groups excluding carboxylic acids is 1. The van der Waals surface area contributed by atoms with Gasteiger partial charge in [-0.05, 0) is 64.3 Å². The summed E-state index contributed by atoms with van der Waals surface area (Å²) in [5.74, 6) is 1.40. The Labute approximate surface area is 181 Å². The molecule has 1 atom stereocenters. The Morgan fingerprint density at radius 2 is 2.03 bits per heavy atom. The second-order valence-corrected chi connectivity index (χ2v) is 7.75. The van der Waals surface area contributed by atoms with Crippen LogP contribution in [-0.4, -0.2) is 62.1 Å². The molecule has 2 rings (SSSR count). The van der Waals surface area contributed by atoms with Gasteiger partial charge in [-0.3, -0.25) is 4.79 Å². The fraction of sp³-hybridized carbons (Fsp3) is 0.652. The maximum Gasteiger partial charge on any atom is 0.257 e. The van der Waals surface area contributed by atoms with E-state index in [0.29, 0.717) is 24.9 Å². The summed E-state index contributed by atoms with van der Waals surface area (Å²) in [4.78, 5) is 18.8. The highest BCUT2D eigenvalue weighted by atomic mass is 16.5. The molecule has 0 aromatic heterocycles. The number of likely N-dealkylation sites (tertiary alicyclic amines) is 1. The molecule has 1 aliphatic heterocycles.